The van der Waals surface area contributed by atoms with Crippen LogP contribution in [0.4, 0.5) is 0 Å². The van der Waals surface area contributed by atoms with Crippen LogP contribution in [0.15, 0.2) is 29.7 Å². The van der Waals surface area contributed by atoms with Crippen LogP contribution in [0.1, 0.15) is 22.8 Å². The predicted molar refractivity (Wildman–Crippen MR) is 85.5 cm³/mol. The highest BCUT2D eigenvalue weighted by atomic mass is 35.5. The van der Waals surface area contributed by atoms with Gasteiger partial charge in [-0.1, -0.05) is 11.6 Å². The molecule has 1 atom stereocenters. The molecule has 0 aromatic heterocycles. The van der Waals surface area contributed by atoms with Crippen LogP contribution in [0.25, 0.3) is 0 Å². The molecule has 1 aromatic carbocycles. The monoisotopic (exact) mass is 364 g/mol. The van der Waals surface area contributed by atoms with Gasteiger partial charge in [0.1, 0.15) is 11.3 Å². The topological polar surface area (TPSA) is 99.1 Å². The minimum atomic E-state index is -2.04. The van der Waals surface area contributed by atoms with Gasteiger partial charge in [0.2, 0.25) is 5.78 Å². The van der Waals surface area contributed by atoms with Crippen LogP contribution in [0.2, 0.25) is 5.02 Å². The second-order valence-electron chi connectivity index (χ2n) is 5.56. The maximum absolute atomic E-state index is 13.1. The second kappa shape index (κ2) is 5.63. The van der Waals surface area contributed by atoms with Crippen LogP contribution < -0.4 is 4.74 Å². The summed E-state index contributed by atoms with van der Waals surface area (Å²) >= 11 is 6.21. The van der Waals surface area contributed by atoms with E-state index in [1.54, 1.807) is 6.92 Å². The first kappa shape index (κ1) is 17.0. The first-order valence-corrected chi connectivity index (χ1v) is 7.56. The number of aryl methyl sites for hydroxylation is 1. The van der Waals surface area contributed by atoms with Crippen LogP contribution in [-0.2, 0) is 19.1 Å². The Morgan fingerprint density at radius 1 is 1.28 bits per heavy atom. The summed E-state index contributed by atoms with van der Waals surface area (Å²) in [5.41, 5.74) is -1.73. The molecule has 1 spiro atoms. The van der Waals surface area contributed by atoms with Gasteiger partial charge in [0, 0.05) is 19.1 Å². The first-order chi connectivity index (χ1) is 11.7. The van der Waals surface area contributed by atoms with Crippen molar-refractivity contribution in [2.45, 2.75) is 19.4 Å². The van der Waals surface area contributed by atoms with Gasteiger partial charge in [0.05, 0.1) is 12.1 Å². The number of hydrogen-bond donors (Lipinski definition) is 1. The van der Waals surface area contributed by atoms with Gasteiger partial charge in [-0.05, 0) is 18.6 Å². The molecule has 0 saturated heterocycles. The molecule has 1 aliphatic heterocycles. The lowest BCUT2D eigenvalue weighted by Crippen LogP contribution is -2.48. The van der Waals surface area contributed by atoms with Gasteiger partial charge in [0.25, 0.3) is 5.60 Å². The Balaban J connectivity index is 2.27. The molecule has 1 N–H and O–H groups in total. The van der Waals surface area contributed by atoms with E-state index in [0.717, 1.165) is 19.1 Å². The van der Waals surface area contributed by atoms with Gasteiger partial charge >= 0.3 is 5.97 Å². The Labute approximate surface area is 147 Å². The van der Waals surface area contributed by atoms with Crippen molar-refractivity contribution >= 4 is 29.1 Å². The maximum atomic E-state index is 13.1. The fraction of sp³-hybridized carbons (Fsp3) is 0.235. The van der Waals surface area contributed by atoms with E-state index in [0.29, 0.717) is 5.56 Å². The van der Waals surface area contributed by atoms with Crippen molar-refractivity contribution in [2.75, 3.05) is 7.11 Å². The minimum absolute atomic E-state index is 0.0699. The Bertz CT molecular complexity index is 897. The molecule has 8 heteroatoms. The maximum Gasteiger partial charge on any atom is 0.307 e. The number of Topliss-reactive ketones (excluding diaryl/α,β-unsaturated/α-hetero) is 1. The van der Waals surface area contributed by atoms with Crippen molar-refractivity contribution in [3.63, 3.8) is 0 Å². The molecule has 130 valence electrons. The number of allylic oxidation sites excluding steroid dienone is 2. The van der Waals surface area contributed by atoms with Gasteiger partial charge in [-0.25, -0.2) is 0 Å². The number of benzene rings is 1. The number of rotatable bonds is 2. The number of phenolic OH excluding ortho intramolecular Hbond substituents is 1. The number of ether oxygens (including phenoxy) is 3. The lowest BCUT2D eigenvalue weighted by atomic mass is 9.86. The molecule has 7 nitrogen and oxygen atoms in total. The van der Waals surface area contributed by atoms with Gasteiger partial charge in [-0.3, -0.25) is 14.4 Å². The number of phenols is 1. The van der Waals surface area contributed by atoms with Crippen molar-refractivity contribution in [3.8, 4) is 11.5 Å². The van der Waals surface area contributed by atoms with E-state index in [1.165, 1.54) is 13.2 Å². The third-order valence-corrected chi connectivity index (χ3v) is 4.37. The van der Waals surface area contributed by atoms with Crippen LogP contribution >= 0.6 is 11.6 Å². The van der Waals surface area contributed by atoms with Gasteiger partial charge in [0.15, 0.2) is 23.1 Å². The SMILES string of the molecule is COC1=CC(=O)C=C(OC(C)=O)[C@]12Oc1c(Cl)c(C)cc(O)c1C2=O. The minimum Gasteiger partial charge on any atom is -0.507 e. The lowest BCUT2D eigenvalue weighted by Gasteiger charge is -2.31. The molecule has 1 aliphatic carbocycles. The number of esters is 1. The number of carbonyl (C=O) groups is 3. The quantitative estimate of drug-likeness (QED) is 0.803. The largest absolute Gasteiger partial charge is 0.507 e. The third kappa shape index (κ3) is 2.31. The zero-order valence-corrected chi connectivity index (χ0v) is 14.3. The molecule has 1 heterocycles. The van der Waals surface area contributed by atoms with Crippen LogP contribution in [-0.4, -0.2) is 35.4 Å². The summed E-state index contributed by atoms with van der Waals surface area (Å²) in [5.74, 6) is -2.99. The highest BCUT2D eigenvalue weighted by Crippen LogP contribution is 2.51. The Morgan fingerprint density at radius 2 is 1.92 bits per heavy atom. The van der Waals surface area contributed by atoms with E-state index >= 15 is 0 Å². The van der Waals surface area contributed by atoms with E-state index < -0.39 is 23.1 Å². The Hall–Kier alpha value is -2.80. The van der Waals surface area contributed by atoms with E-state index in [2.05, 4.69) is 0 Å². The van der Waals surface area contributed by atoms with Crippen molar-refractivity contribution in [1.82, 2.24) is 0 Å². The summed E-state index contributed by atoms with van der Waals surface area (Å²) < 4.78 is 16.0. The molecular formula is C17H13ClO7. The zero-order valence-electron chi connectivity index (χ0n) is 13.5. The first-order valence-electron chi connectivity index (χ1n) is 7.19. The number of carbonyl (C=O) groups excluding carboxylic acids is 3. The Morgan fingerprint density at radius 3 is 2.52 bits per heavy atom. The molecule has 0 saturated carbocycles. The molecule has 0 radical (unpaired) electrons. The number of aromatic hydroxyl groups is 1. The fourth-order valence-corrected chi connectivity index (χ4v) is 3.03. The van der Waals surface area contributed by atoms with Gasteiger partial charge in [-0.15, -0.1) is 0 Å². The molecule has 0 bridgehead atoms. The standard InChI is InChI=1S/C17H13ClO7/c1-7-4-10(21)13-15(14(7)18)25-17(16(13)22)11(23-3)5-9(20)6-12(17)24-8(2)19/h4-6,21H,1-3H3/t17-/m1/s1. The number of halogens is 1. The summed E-state index contributed by atoms with van der Waals surface area (Å²) in [5, 5.41) is 10.3. The number of methoxy groups -OCH3 is 1. The molecule has 0 unspecified atom stereocenters. The van der Waals surface area contributed by atoms with E-state index in [1.807, 2.05) is 0 Å². The highest BCUT2D eigenvalue weighted by Gasteiger charge is 2.60. The summed E-state index contributed by atoms with van der Waals surface area (Å²) in [6.45, 7) is 2.74. The van der Waals surface area contributed by atoms with Gasteiger partial charge in [-0.2, -0.15) is 0 Å². The molecule has 0 amide bonds. The third-order valence-electron chi connectivity index (χ3n) is 3.90. The normalized spacial score (nSPS) is 21.4. The smallest absolute Gasteiger partial charge is 0.307 e. The summed E-state index contributed by atoms with van der Waals surface area (Å²) in [4.78, 5) is 36.4. The molecular weight excluding hydrogens is 352 g/mol. The van der Waals surface area contributed by atoms with E-state index in [-0.39, 0.29) is 33.6 Å². The average molecular weight is 365 g/mol. The average Bonchev–Trinajstić information content (AvgIpc) is 2.83. The van der Waals surface area contributed by atoms with Crippen LogP contribution in [0, 0.1) is 6.92 Å². The van der Waals surface area contributed by atoms with Crippen molar-refractivity contribution < 1.29 is 33.7 Å². The van der Waals surface area contributed by atoms with Crippen molar-refractivity contribution in [1.29, 1.82) is 0 Å². The van der Waals surface area contributed by atoms with Crippen molar-refractivity contribution in [3.05, 3.63) is 45.9 Å². The summed E-state index contributed by atoms with van der Waals surface area (Å²) in [7, 11) is 1.24. The molecule has 1 aromatic rings. The van der Waals surface area contributed by atoms with Gasteiger partial charge < -0.3 is 19.3 Å². The number of hydrogen-bond acceptors (Lipinski definition) is 7. The predicted octanol–water partition coefficient (Wildman–Crippen LogP) is 2.23. The molecule has 0 fully saturated rings. The Kier molecular flexibility index (Phi) is 3.84. The fourth-order valence-electron chi connectivity index (χ4n) is 2.84. The highest BCUT2D eigenvalue weighted by molar-refractivity contribution is 6.34. The van der Waals surface area contributed by atoms with E-state index in [9.17, 15) is 19.5 Å². The van der Waals surface area contributed by atoms with Crippen molar-refractivity contribution in [2.24, 2.45) is 0 Å². The number of ketones is 2. The molecule has 2 aliphatic rings. The molecule has 25 heavy (non-hydrogen) atoms. The van der Waals surface area contributed by atoms with Crippen LogP contribution in [0.5, 0.6) is 11.5 Å². The molecule has 3 rings (SSSR count). The van der Waals surface area contributed by atoms with Crippen LogP contribution in [0.3, 0.4) is 0 Å². The second-order valence-corrected chi connectivity index (χ2v) is 5.94. The zero-order chi connectivity index (χ0) is 18.5. The lowest BCUT2D eigenvalue weighted by molar-refractivity contribution is -0.139. The van der Waals surface area contributed by atoms with E-state index in [4.69, 9.17) is 25.8 Å². The number of fused-ring (bicyclic) bond motifs is 1. The summed E-state index contributed by atoms with van der Waals surface area (Å²) in [6.07, 6.45) is 2.01. The summed E-state index contributed by atoms with van der Waals surface area (Å²) in [6, 6.07) is 1.32.